The van der Waals surface area contributed by atoms with E-state index in [-0.39, 0.29) is 12.0 Å². The van der Waals surface area contributed by atoms with Crippen LogP contribution in [0.2, 0.25) is 0 Å². The van der Waals surface area contributed by atoms with Crippen LogP contribution < -0.4 is 0 Å². The van der Waals surface area contributed by atoms with Gasteiger partial charge in [-0.25, -0.2) is 0 Å². The number of hydrogen-bond acceptors (Lipinski definition) is 4. The minimum absolute atomic E-state index is 0.00438. The maximum Gasteiger partial charge on any atom is 0.249 e. The fourth-order valence-corrected chi connectivity index (χ4v) is 3.70. The maximum atomic E-state index is 12.8. The van der Waals surface area contributed by atoms with Crippen molar-refractivity contribution in [2.24, 2.45) is 5.92 Å². The highest BCUT2D eigenvalue weighted by molar-refractivity contribution is 5.79. The van der Waals surface area contributed by atoms with Gasteiger partial charge < -0.3 is 9.42 Å². The molecule has 0 N–H and O–H groups in total. The Kier molecular flexibility index (Phi) is 5.11. The molecule has 1 saturated carbocycles. The van der Waals surface area contributed by atoms with Crippen LogP contribution in [0.25, 0.3) is 0 Å². The van der Waals surface area contributed by atoms with Crippen LogP contribution in [-0.2, 0) is 11.2 Å². The summed E-state index contributed by atoms with van der Waals surface area (Å²) in [5.41, 5.74) is 0. The average molecular weight is 305 g/mol. The highest BCUT2D eigenvalue weighted by atomic mass is 16.5. The van der Waals surface area contributed by atoms with E-state index in [2.05, 4.69) is 17.1 Å². The van der Waals surface area contributed by atoms with Crippen molar-refractivity contribution in [1.82, 2.24) is 15.0 Å². The third-order valence-electron chi connectivity index (χ3n) is 5.01. The zero-order valence-electron chi connectivity index (χ0n) is 13.6. The van der Waals surface area contributed by atoms with E-state index in [4.69, 9.17) is 4.52 Å². The summed E-state index contributed by atoms with van der Waals surface area (Å²) in [6.07, 6.45) is 10.7. The van der Waals surface area contributed by atoms with Crippen molar-refractivity contribution < 1.29 is 9.32 Å². The molecule has 1 atom stereocenters. The molecule has 1 aromatic heterocycles. The predicted octanol–water partition coefficient (Wildman–Crippen LogP) is 3.66. The van der Waals surface area contributed by atoms with Crippen molar-refractivity contribution in [3.8, 4) is 0 Å². The van der Waals surface area contributed by atoms with Gasteiger partial charge in [0, 0.05) is 18.9 Å². The number of aryl methyl sites for hydroxylation is 1. The average Bonchev–Trinajstić information content (AvgIpc) is 3.24. The molecular formula is C17H27N3O2. The summed E-state index contributed by atoms with van der Waals surface area (Å²) in [7, 11) is 0. The Bertz CT molecular complexity index is 494. The first-order valence-electron chi connectivity index (χ1n) is 8.92. The number of rotatable bonds is 5. The molecule has 122 valence electrons. The van der Waals surface area contributed by atoms with Gasteiger partial charge in [0.2, 0.25) is 11.8 Å². The standard InChI is InChI=1S/C17H27N3O2/c1-2-3-11-15-18-16(22-19-15)14-10-6-7-12-20(14)17(21)13-8-4-5-9-13/h13-14H,2-12H2,1H3/t14-/m0/s1. The number of carbonyl (C=O) groups excluding carboxylic acids is 1. The summed E-state index contributed by atoms with van der Waals surface area (Å²) in [4.78, 5) is 19.4. The van der Waals surface area contributed by atoms with Crippen molar-refractivity contribution in [2.45, 2.75) is 77.2 Å². The Morgan fingerprint density at radius 1 is 1.23 bits per heavy atom. The van der Waals surface area contributed by atoms with E-state index in [1.54, 1.807) is 0 Å². The fraction of sp³-hybridized carbons (Fsp3) is 0.824. The van der Waals surface area contributed by atoms with Gasteiger partial charge in [-0.05, 0) is 38.5 Å². The van der Waals surface area contributed by atoms with Gasteiger partial charge in [0.1, 0.15) is 6.04 Å². The van der Waals surface area contributed by atoms with E-state index >= 15 is 0 Å². The number of unbranched alkanes of at least 4 members (excludes halogenated alkanes) is 1. The number of likely N-dealkylation sites (tertiary alicyclic amines) is 1. The molecule has 22 heavy (non-hydrogen) atoms. The molecule has 1 amide bonds. The van der Waals surface area contributed by atoms with Gasteiger partial charge in [0.25, 0.3) is 0 Å². The summed E-state index contributed by atoms with van der Waals surface area (Å²) in [6, 6.07) is 0.00438. The van der Waals surface area contributed by atoms with Gasteiger partial charge in [-0.3, -0.25) is 4.79 Å². The van der Waals surface area contributed by atoms with Gasteiger partial charge in [-0.2, -0.15) is 4.98 Å². The summed E-state index contributed by atoms with van der Waals surface area (Å²) in [5, 5.41) is 4.10. The quantitative estimate of drug-likeness (QED) is 0.833. The lowest BCUT2D eigenvalue weighted by Gasteiger charge is -2.35. The van der Waals surface area contributed by atoms with Crippen LogP contribution in [0.15, 0.2) is 4.52 Å². The van der Waals surface area contributed by atoms with Crippen LogP contribution >= 0.6 is 0 Å². The molecule has 1 aliphatic carbocycles. The van der Waals surface area contributed by atoms with Gasteiger partial charge >= 0.3 is 0 Å². The van der Waals surface area contributed by atoms with E-state index in [1.165, 1.54) is 12.8 Å². The molecule has 5 nitrogen and oxygen atoms in total. The van der Waals surface area contributed by atoms with E-state index in [9.17, 15) is 4.79 Å². The van der Waals surface area contributed by atoms with Crippen LogP contribution in [0, 0.1) is 5.92 Å². The zero-order valence-corrected chi connectivity index (χ0v) is 13.6. The van der Waals surface area contributed by atoms with Crippen molar-refractivity contribution in [3.05, 3.63) is 11.7 Å². The Labute approximate surface area is 132 Å². The largest absolute Gasteiger partial charge is 0.337 e. The third kappa shape index (κ3) is 3.33. The highest BCUT2D eigenvalue weighted by Gasteiger charge is 2.36. The predicted molar refractivity (Wildman–Crippen MR) is 83.2 cm³/mol. The van der Waals surface area contributed by atoms with E-state index in [0.29, 0.717) is 11.8 Å². The maximum absolute atomic E-state index is 12.8. The molecular weight excluding hydrogens is 278 g/mol. The Morgan fingerprint density at radius 3 is 2.77 bits per heavy atom. The molecule has 0 spiro atoms. The van der Waals surface area contributed by atoms with Gasteiger partial charge in [0.05, 0.1) is 0 Å². The van der Waals surface area contributed by atoms with Gasteiger partial charge in [-0.1, -0.05) is 31.3 Å². The van der Waals surface area contributed by atoms with Crippen LogP contribution in [-0.4, -0.2) is 27.5 Å². The molecule has 0 unspecified atom stereocenters. The second-order valence-electron chi connectivity index (χ2n) is 6.68. The van der Waals surface area contributed by atoms with Gasteiger partial charge in [0.15, 0.2) is 5.82 Å². The normalized spacial score (nSPS) is 23.1. The number of carbonyl (C=O) groups is 1. The molecule has 3 rings (SSSR count). The smallest absolute Gasteiger partial charge is 0.249 e. The van der Waals surface area contributed by atoms with Gasteiger partial charge in [-0.15, -0.1) is 0 Å². The minimum Gasteiger partial charge on any atom is -0.337 e. The van der Waals surface area contributed by atoms with Crippen molar-refractivity contribution in [3.63, 3.8) is 0 Å². The summed E-state index contributed by atoms with van der Waals surface area (Å²) < 4.78 is 5.49. The second-order valence-corrected chi connectivity index (χ2v) is 6.68. The Hall–Kier alpha value is -1.39. The monoisotopic (exact) mass is 305 g/mol. The lowest BCUT2D eigenvalue weighted by atomic mass is 9.98. The lowest BCUT2D eigenvalue weighted by Crippen LogP contribution is -2.41. The molecule has 2 aliphatic rings. The van der Waals surface area contributed by atoms with Crippen LogP contribution in [0.4, 0.5) is 0 Å². The Balaban J connectivity index is 1.71. The van der Waals surface area contributed by atoms with E-state index < -0.39 is 0 Å². The summed E-state index contributed by atoms with van der Waals surface area (Å²) in [5.74, 6) is 1.98. The molecule has 2 heterocycles. The minimum atomic E-state index is 0.00438. The Morgan fingerprint density at radius 2 is 2.00 bits per heavy atom. The molecule has 1 saturated heterocycles. The van der Waals surface area contributed by atoms with E-state index in [1.807, 2.05) is 4.90 Å². The first-order chi connectivity index (χ1) is 10.8. The molecule has 1 aliphatic heterocycles. The summed E-state index contributed by atoms with van der Waals surface area (Å²) >= 11 is 0. The number of nitrogens with zero attached hydrogens (tertiary/aromatic N) is 3. The van der Waals surface area contributed by atoms with Crippen LogP contribution in [0.3, 0.4) is 0 Å². The number of piperidine rings is 1. The highest BCUT2D eigenvalue weighted by Crippen LogP contribution is 2.34. The molecule has 0 aromatic carbocycles. The second kappa shape index (κ2) is 7.25. The number of amides is 1. The first kappa shape index (κ1) is 15.5. The van der Waals surface area contributed by atoms with E-state index in [0.717, 1.165) is 63.7 Å². The molecule has 5 heteroatoms. The van der Waals surface area contributed by atoms with Crippen molar-refractivity contribution >= 4 is 5.91 Å². The van der Waals surface area contributed by atoms with Crippen LogP contribution in [0.1, 0.15) is 82.5 Å². The number of aromatic nitrogens is 2. The molecule has 0 bridgehead atoms. The molecule has 1 aromatic rings. The topological polar surface area (TPSA) is 59.2 Å². The van der Waals surface area contributed by atoms with Crippen molar-refractivity contribution in [2.75, 3.05) is 6.54 Å². The number of hydrogen-bond donors (Lipinski definition) is 0. The zero-order chi connectivity index (χ0) is 15.4. The SMILES string of the molecule is CCCCc1noc([C@@H]2CCCCN2C(=O)C2CCCC2)n1. The van der Waals surface area contributed by atoms with Crippen LogP contribution in [0.5, 0.6) is 0 Å². The van der Waals surface area contributed by atoms with Crippen molar-refractivity contribution in [1.29, 1.82) is 0 Å². The summed E-state index contributed by atoms with van der Waals surface area (Å²) in [6.45, 7) is 3.00. The lowest BCUT2D eigenvalue weighted by molar-refractivity contribution is -0.140. The molecule has 0 radical (unpaired) electrons. The first-order valence-corrected chi connectivity index (χ1v) is 8.92. The molecule has 2 fully saturated rings. The third-order valence-corrected chi connectivity index (χ3v) is 5.01. The fourth-order valence-electron chi connectivity index (χ4n) is 3.70.